The van der Waals surface area contributed by atoms with Crippen molar-refractivity contribution in [3.8, 4) is 11.5 Å². The Hall–Kier alpha value is -3.60. The van der Waals surface area contributed by atoms with E-state index < -0.39 is 5.97 Å². The Labute approximate surface area is 176 Å². The molecule has 5 nitrogen and oxygen atoms in total. The number of carbonyl (C=O) groups is 1. The predicted molar refractivity (Wildman–Crippen MR) is 119 cm³/mol. The second-order valence-corrected chi connectivity index (χ2v) is 6.91. The summed E-state index contributed by atoms with van der Waals surface area (Å²) in [4.78, 5) is 15.6. The normalized spacial score (nSPS) is 10.9. The number of hydrogen-bond acceptors (Lipinski definition) is 4. The maximum Gasteiger partial charge on any atom is 0.335 e. The second kappa shape index (κ2) is 9.74. The zero-order chi connectivity index (χ0) is 21.5. The molecule has 30 heavy (non-hydrogen) atoms. The van der Waals surface area contributed by atoms with Gasteiger partial charge in [-0.3, -0.25) is 4.99 Å². The molecule has 0 unspecified atom stereocenters. The molecular weight excluding hydrogens is 378 g/mol. The molecule has 0 amide bonds. The zero-order valence-corrected chi connectivity index (χ0v) is 17.4. The van der Waals surface area contributed by atoms with Gasteiger partial charge in [0.25, 0.3) is 0 Å². The number of carboxylic acids is 1. The number of aryl methyl sites for hydroxylation is 1. The first-order valence-corrected chi connectivity index (χ1v) is 9.80. The lowest BCUT2D eigenvalue weighted by Gasteiger charge is -2.13. The lowest BCUT2D eigenvalue weighted by atomic mass is 10.1. The van der Waals surface area contributed by atoms with Gasteiger partial charge in [0, 0.05) is 6.21 Å². The van der Waals surface area contributed by atoms with Gasteiger partial charge in [0.2, 0.25) is 0 Å². The highest BCUT2D eigenvalue weighted by molar-refractivity contribution is 5.87. The minimum absolute atomic E-state index is 0.251. The lowest BCUT2D eigenvalue weighted by molar-refractivity contribution is 0.0697. The van der Waals surface area contributed by atoms with E-state index in [9.17, 15) is 4.79 Å². The van der Waals surface area contributed by atoms with Crippen molar-refractivity contribution in [1.82, 2.24) is 0 Å². The molecule has 0 spiro atoms. The molecule has 5 heteroatoms. The number of aromatic carboxylic acids is 1. The van der Waals surface area contributed by atoms with Crippen LogP contribution in [0, 0.1) is 13.8 Å². The summed E-state index contributed by atoms with van der Waals surface area (Å²) in [6, 6.07) is 18.4. The summed E-state index contributed by atoms with van der Waals surface area (Å²) >= 11 is 0. The molecule has 154 valence electrons. The van der Waals surface area contributed by atoms with Crippen molar-refractivity contribution in [2.24, 2.45) is 4.99 Å². The number of aliphatic imine (C=N–C) groups is 1. The fraction of sp³-hybridized carbons (Fsp3) is 0.200. The Bertz CT molecular complexity index is 1060. The van der Waals surface area contributed by atoms with Crippen LogP contribution in [0.5, 0.6) is 11.5 Å². The zero-order valence-electron chi connectivity index (χ0n) is 17.4. The predicted octanol–water partition coefficient (Wildman–Crippen LogP) is 5.73. The van der Waals surface area contributed by atoms with E-state index >= 15 is 0 Å². The molecule has 0 radical (unpaired) electrons. The van der Waals surface area contributed by atoms with Gasteiger partial charge in [-0.15, -0.1) is 0 Å². The molecule has 0 fully saturated rings. The van der Waals surface area contributed by atoms with E-state index in [1.807, 2.05) is 43.5 Å². The van der Waals surface area contributed by atoms with Crippen LogP contribution in [-0.4, -0.2) is 23.9 Å². The molecule has 0 saturated carbocycles. The summed E-state index contributed by atoms with van der Waals surface area (Å²) < 4.78 is 11.7. The molecule has 0 atom stereocenters. The summed E-state index contributed by atoms with van der Waals surface area (Å²) in [5, 5.41) is 8.99. The molecule has 0 aliphatic carbocycles. The van der Waals surface area contributed by atoms with Crippen molar-refractivity contribution in [2.75, 3.05) is 6.61 Å². The molecule has 0 aliphatic heterocycles. The van der Waals surface area contributed by atoms with Crippen molar-refractivity contribution in [3.05, 3.63) is 88.5 Å². The van der Waals surface area contributed by atoms with Crippen LogP contribution in [0.15, 0.2) is 65.7 Å². The summed E-state index contributed by atoms with van der Waals surface area (Å²) in [6.07, 6.45) is 1.82. The van der Waals surface area contributed by atoms with Gasteiger partial charge in [-0.25, -0.2) is 4.79 Å². The SMILES string of the molecule is CCOc1cc(C=Nc2cccc(C)c2C)ccc1OCc1ccc(C(=O)O)cc1. The van der Waals surface area contributed by atoms with Crippen LogP contribution >= 0.6 is 0 Å². The van der Waals surface area contributed by atoms with Gasteiger partial charge in [-0.05, 0) is 79.4 Å². The summed E-state index contributed by atoms with van der Waals surface area (Å²) in [6.45, 7) is 6.89. The number of nitrogens with zero attached hydrogens (tertiary/aromatic N) is 1. The second-order valence-electron chi connectivity index (χ2n) is 6.91. The van der Waals surface area contributed by atoms with Crippen molar-refractivity contribution in [1.29, 1.82) is 0 Å². The molecule has 0 aliphatic rings. The van der Waals surface area contributed by atoms with E-state index in [2.05, 4.69) is 24.9 Å². The average molecular weight is 403 g/mol. The maximum atomic E-state index is 11.0. The summed E-state index contributed by atoms with van der Waals surface area (Å²) in [7, 11) is 0. The molecule has 0 aromatic heterocycles. The van der Waals surface area contributed by atoms with Crippen LogP contribution in [0.1, 0.15) is 39.5 Å². The summed E-state index contributed by atoms with van der Waals surface area (Å²) in [5.41, 5.74) is 5.35. The van der Waals surface area contributed by atoms with Crippen LogP contribution in [0.4, 0.5) is 5.69 Å². The molecule has 0 heterocycles. The number of carboxylic acid groups (broad SMARTS) is 1. The Morgan fingerprint density at radius 1 is 1.00 bits per heavy atom. The Balaban J connectivity index is 1.75. The van der Waals surface area contributed by atoms with E-state index in [4.69, 9.17) is 14.6 Å². The van der Waals surface area contributed by atoms with Crippen LogP contribution in [0.2, 0.25) is 0 Å². The first-order valence-electron chi connectivity index (χ1n) is 9.80. The van der Waals surface area contributed by atoms with E-state index in [0.29, 0.717) is 24.7 Å². The van der Waals surface area contributed by atoms with Crippen LogP contribution in [0.25, 0.3) is 0 Å². The molecule has 1 N–H and O–H groups in total. The third-order valence-electron chi connectivity index (χ3n) is 4.79. The minimum atomic E-state index is -0.945. The monoisotopic (exact) mass is 403 g/mol. The first-order chi connectivity index (χ1) is 14.5. The van der Waals surface area contributed by atoms with Gasteiger partial charge in [0.05, 0.1) is 17.9 Å². The number of benzene rings is 3. The van der Waals surface area contributed by atoms with Crippen molar-refractivity contribution < 1.29 is 19.4 Å². The largest absolute Gasteiger partial charge is 0.490 e. The van der Waals surface area contributed by atoms with Gasteiger partial charge in [0.15, 0.2) is 11.5 Å². The fourth-order valence-electron chi connectivity index (χ4n) is 2.92. The maximum absolute atomic E-state index is 11.0. The highest BCUT2D eigenvalue weighted by atomic mass is 16.5. The summed E-state index contributed by atoms with van der Waals surface area (Å²) in [5.74, 6) is 0.326. The van der Waals surface area contributed by atoms with Gasteiger partial charge in [-0.2, -0.15) is 0 Å². The highest BCUT2D eigenvalue weighted by Gasteiger charge is 2.08. The van der Waals surface area contributed by atoms with Gasteiger partial charge < -0.3 is 14.6 Å². The van der Waals surface area contributed by atoms with Crippen molar-refractivity contribution in [2.45, 2.75) is 27.4 Å². The average Bonchev–Trinajstić information content (AvgIpc) is 2.74. The Kier molecular flexibility index (Phi) is 6.86. The van der Waals surface area contributed by atoms with Gasteiger partial charge in [-0.1, -0.05) is 24.3 Å². The van der Waals surface area contributed by atoms with Crippen LogP contribution in [-0.2, 0) is 6.61 Å². The smallest absolute Gasteiger partial charge is 0.335 e. The third-order valence-corrected chi connectivity index (χ3v) is 4.79. The topological polar surface area (TPSA) is 68.1 Å². The van der Waals surface area contributed by atoms with E-state index in [0.717, 1.165) is 22.4 Å². The van der Waals surface area contributed by atoms with E-state index in [1.54, 1.807) is 24.3 Å². The number of rotatable bonds is 8. The fourth-order valence-corrected chi connectivity index (χ4v) is 2.92. The van der Waals surface area contributed by atoms with Crippen LogP contribution in [0.3, 0.4) is 0 Å². The van der Waals surface area contributed by atoms with E-state index in [-0.39, 0.29) is 5.56 Å². The van der Waals surface area contributed by atoms with E-state index in [1.165, 1.54) is 5.56 Å². The van der Waals surface area contributed by atoms with Gasteiger partial charge in [0.1, 0.15) is 6.61 Å². The quantitative estimate of drug-likeness (QED) is 0.488. The molecule has 3 aromatic rings. The third kappa shape index (κ3) is 5.26. The molecule has 3 aromatic carbocycles. The minimum Gasteiger partial charge on any atom is -0.490 e. The molecule has 3 rings (SSSR count). The highest BCUT2D eigenvalue weighted by Crippen LogP contribution is 2.29. The molecule has 0 saturated heterocycles. The lowest BCUT2D eigenvalue weighted by Crippen LogP contribution is -2.01. The first kappa shape index (κ1) is 21.1. The van der Waals surface area contributed by atoms with Gasteiger partial charge >= 0.3 is 5.97 Å². The molecular formula is C25H25NO4. The standard InChI is InChI=1S/C25H25NO4/c1-4-29-24-14-20(15-26-22-7-5-6-17(2)18(22)3)10-13-23(24)30-16-19-8-11-21(12-9-19)25(27)28/h5-15H,4,16H2,1-3H3,(H,27,28). The number of ether oxygens (including phenoxy) is 2. The Morgan fingerprint density at radius 3 is 2.47 bits per heavy atom. The van der Waals surface area contributed by atoms with Crippen molar-refractivity contribution in [3.63, 3.8) is 0 Å². The van der Waals surface area contributed by atoms with Crippen molar-refractivity contribution >= 4 is 17.9 Å². The number of hydrogen-bond donors (Lipinski definition) is 1. The Morgan fingerprint density at radius 2 is 1.77 bits per heavy atom. The molecule has 0 bridgehead atoms. The van der Waals surface area contributed by atoms with Crippen LogP contribution < -0.4 is 9.47 Å².